The Morgan fingerprint density at radius 3 is 2.76 bits per heavy atom. The first-order valence-electron chi connectivity index (χ1n) is 5.53. The number of amides is 2. The van der Waals surface area contributed by atoms with Gasteiger partial charge in [0.1, 0.15) is 12.6 Å². The summed E-state index contributed by atoms with van der Waals surface area (Å²) in [4.78, 5) is 37.1. The topological polar surface area (TPSA) is 77.9 Å². The molecule has 2 rings (SSSR count). The van der Waals surface area contributed by atoms with Crippen LogP contribution in [0.15, 0.2) is 0 Å². The largest absolute Gasteiger partial charge is 0.480 e. The summed E-state index contributed by atoms with van der Waals surface area (Å²) in [6.45, 7) is 1.06. The molecule has 0 spiro atoms. The van der Waals surface area contributed by atoms with Crippen molar-refractivity contribution < 1.29 is 19.5 Å². The van der Waals surface area contributed by atoms with Crippen molar-refractivity contribution in [1.29, 1.82) is 0 Å². The Balaban J connectivity index is 1.95. The molecular weight excluding hydrogens is 244 g/mol. The molecule has 0 bridgehead atoms. The van der Waals surface area contributed by atoms with Crippen LogP contribution in [0.1, 0.15) is 12.8 Å². The Labute approximate surface area is 103 Å². The van der Waals surface area contributed by atoms with E-state index in [1.54, 1.807) is 0 Å². The molecule has 0 saturated carbocycles. The number of carbonyl (C=O) groups is 3. The Bertz CT molecular complexity index is 360. The molecule has 1 N–H and O–H groups in total. The van der Waals surface area contributed by atoms with Gasteiger partial charge in [-0.25, -0.2) is 4.79 Å². The van der Waals surface area contributed by atoms with Gasteiger partial charge in [-0.05, 0) is 12.8 Å². The second-order valence-corrected chi connectivity index (χ2v) is 5.17. The lowest BCUT2D eigenvalue weighted by molar-refractivity contribution is -0.148. The van der Waals surface area contributed by atoms with Crippen molar-refractivity contribution in [3.8, 4) is 0 Å². The number of nitrogens with zero attached hydrogens (tertiary/aromatic N) is 2. The Morgan fingerprint density at radius 2 is 2.18 bits per heavy atom. The highest BCUT2D eigenvalue weighted by Crippen LogP contribution is 2.20. The summed E-state index contributed by atoms with van der Waals surface area (Å²) in [5, 5.41) is 8.87. The molecule has 0 aromatic rings. The van der Waals surface area contributed by atoms with Crippen LogP contribution in [-0.2, 0) is 9.59 Å². The fraction of sp³-hybridized carbons (Fsp3) is 0.700. The third kappa shape index (κ3) is 2.54. The van der Waals surface area contributed by atoms with Crippen LogP contribution in [0.3, 0.4) is 0 Å². The van der Waals surface area contributed by atoms with Crippen molar-refractivity contribution in [3.63, 3.8) is 0 Å². The normalized spacial score (nSPS) is 24.5. The first-order chi connectivity index (χ1) is 8.09. The van der Waals surface area contributed by atoms with Crippen LogP contribution >= 0.6 is 11.8 Å². The van der Waals surface area contributed by atoms with Gasteiger partial charge in [-0.15, -0.1) is 0 Å². The molecule has 0 aliphatic carbocycles. The summed E-state index contributed by atoms with van der Waals surface area (Å²) in [5.41, 5.74) is 0. The third-order valence-electron chi connectivity index (χ3n) is 3.03. The number of likely N-dealkylation sites (tertiary alicyclic amines) is 1. The minimum atomic E-state index is -0.960. The standard InChI is InChI=1S/C10H14N2O4S/c13-8(6-11-4-5-17-10(11)16)12-3-1-2-7(12)9(14)15/h7H,1-6H2,(H,14,15). The number of thioether (sulfide) groups is 1. The molecule has 0 aromatic heterocycles. The maximum Gasteiger partial charge on any atom is 0.326 e. The zero-order valence-electron chi connectivity index (χ0n) is 9.29. The van der Waals surface area contributed by atoms with Crippen LogP contribution in [0.25, 0.3) is 0 Å². The van der Waals surface area contributed by atoms with Crippen molar-refractivity contribution >= 4 is 28.9 Å². The lowest BCUT2D eigenvalue weighted by atomic mass is 10.2. The first-order valence-corrected chi connectivity index (χ1v) is 6.52. The van der Waals surface area contributed by atoms with Gasteiger partial charge in [0.25, 0.3) is 5.24 Å². The van der Waals surface area contributed by atoms with Gasteiger partial charge in [-0.2, -0.15) is 0 Å². The molecule has 6 nitrogen and oxygen atoms in total. The predicted molar refractivity (Wildman–Crippen MR) is 61.8 cm³/mol. The van der Waals surface area contributed by atoms with Gasteiger partial charge in [0.05, 0.1) is 0 Å². The zero-order chi connectivity index (χ0) is 12.4. The molecule has 2 saturated heterocycles. The number of hydrogen-bond acceptors (Lipinski definition) is 4. The maximum absolute atomic E-state index is 11.9. The second kappa shape index (κ2) is 4.95. The van der Waals surface area contributed by atoms with E-state index in [0.29, 0.717) is 31.7 Å². The minimum Gasteiger partial charge on any atom is -0.480 e. The van der Waals surface area contributed by atoms with Crippen molar-refractivity contribution in [2.45, 2.75) is 18.9 Å². The van der Waals surface area contributed by atoms with Crippen LogP contribution in [-0.4, -0.2) is 63.5 Å². The molecule has 17 heavy (non-hydrogen) atoms. The average Bonchev–Trinajstić information content (AvgIpc) is 2.87. The minimum absolute atomic E-state index is 0.00954. The number of hydrogen-bond donors (Lipinski definition) is 1. The second-order valence-electron chi connectivity index (χ2n) is 4.12. The summed E-state index contributed by atoms with van der Waals surface area (Å²) in [5.74, 6) is -0.516. The highest BCUT2D eigenvalue weighted by molar-refractivity contribution is 8.13. The summed E-state index contributed by atoms with van der Waals surface area (Å²) in [7, 11) is 0. The summed E-state index contributed by atoms with van der Waals surface area (Å²) in [6, 6.07) is -0.715. The molecule has 0 aromatic carbocycles. The van der Waals surface area contributed by atoms with Crippen molar-refractivity contribution in [3.05, 3.63) is 0 Å². The van der Waals surface area contributed by atoms with E-state index in [0.717, 1.165) is 0 Å². The molecule has 0 radical (unpaired) electrons. The van der Waals surface area contributed by atoms with Crippen molar-refractivity contribution in [2.75, 3.05) is 25.4 Å². The molecule has 2 amide bonds. The summed E-state index contributed by atoms with van der Waals surface area (Å²) >= 11 is 1.20. The molecule has 7 heteroatoms. The van der Waals surface area contributed by atoms with E-state index in [4.69, 9.17) is 5.11 Å². The Morgan fingerprint density at radius 1 is 1.41 bits per heavy atom. The molecule has 2 aliphatic heterocycles. The van der Waals surface area contributed by atoms with Gasteiger partial charge < -0.3 is 14.9 Å². The van der Waals surface area contributed by atoms with E-state index < -0.39 is 12.0 Å². The van der Waals surface area contributed by atoms with Crippen molar-refractivity contribution in [2.24, 2.45) is 0 Å². The molecule has 94 valence electrons. The fourth-order valence-electron chi connectivity index (χ4n) is 2.15. The lowest BCUT2D eigenvalue weighted by Gasteiger charge is -2.24. The van der Waals surface area contributed by atoms with E-state index in [9.17, 15) is 14.4 Å². The van der Waals surface area contributed by atoms with Gasteiger partial charge in [0.2, 0.25) is 5.91 Å². The molecular formula is C10H14N2O4S. The van der Waals surface area contributed by atoms with Gasteiger partial charge >= 0.3 is 5.97 Å². The van der Waals surface area contributed by atoms with Crippen LogP contribution in [0.4, 0.5) is 4.79 Å². The van der Waals surface area contributed by atoms with Gasteiger partial charge in [0.15, 0.2) is 0 Å². The van der Waals surface area contributed by atoms with Gasteiger partial charge in [0, 0.05) is 18.8 Å². The Hall–Kier alpha value is -1.24. The smallest absolute Gasteiger partial charge is 0.326 e. The van der Waals surface area contributed by atoms with Crippen molar-refractivity contribution in [1.82, 2.24) is 9.80 Å². The molecule has 2 fully saturated rings. The number of carboxylic acid groups (broad SMARTS) is 1. The third-order valence-corrected chi connectivity index (χ3v) is 3.92. The van der Waals surface area contributed by atoms with E-state index in [1.165, 1.54) is 21.6 Å². The van der Waals surface area contributed by atoms with E-state index in [1.807, 2.05) is 0 Å². The van der Waals surface area contributed by atoms with E-state index >= 15 is 0 Å². The number of carbonyl (C=O) groups excluding carboxylic acids is 2. The molecule has 2 heterocycles. The monoisotopic (exact) mass is 258 g/mol. The van der Waals surface area contributed by atoms with Crippen LogP contribution in [0.5, 0.6) is 0 Å². The molecule has 2 aliphatic rings. The van der Waals surface area contributed by atoms with Crippen LogP contribution < -0.4 is 0 Å². The van der Waals surface area contributed by atoms with E-state index in [-0.39, 0.29) is 17.7 Å². The highest BCUT2D eigenvalue weighted by atomic mass is 32.2. The van der Waals surface area contributed by atoms with Gasteiger partial charge in [-0.3, -0.25) is 9.59 Å². The van der Waals surface area contributed by atoms with Crippen LogP contribution in [0.2, 0.25) is 0 Å². The van der Waals surface area contributed by atoms with Crippen LogP contribution in [0, 0.1) is 0 Å². The summed E-state index contributed by atoms with van der Waals surface area (Å²) in [6.07, 6.45) is 1.22. The predicted octanol–water partition coefficient (Wildman–Crippen LogP) is 0.231. The SMILES string of the molecule is O=C(O)C1CCCN1C(=O)CN1CCSC1=O. The number of aliphatic carboxylic acids is 1. The quantitative estimate of drug-likeness (QED) is 0.784. The first kappa shape index (κ1) is 12.2. The highest BCUT2D eigenvalue weighted by Gasteiger charge is 2.35. The lowest BCUT2D eigenvalue weighted by Crippen LogP contribution is -2.45. The summed E-state index contributed by atoms with van der Waals surface area (Å²) < 4.78 is 0. The van der Waals surface area contributed by atoms with Gasteiger partial charge in [-0.1, -0.05) is 11.8 Å². The van der Waals surface area contributed by atoms with E-state index in [2.05, 4.69) is 0 Å². The Kier molecular flexibility index (Phi) is 3.56. The number of carboxylic acids is 1. The molecule has 1 atom stereocenters. The number of rotatable bonds is 3. The zero-order valence-corrected chi connectivity index (χ0v) is 10.1. The fourth-order valence-corrected chi connectivity index (χ4v) is 2.97. The molecule has 1 unspecified atom stereocenters. The average molecular weight is 258 g/mol. The maximum atomic E-state index is 11.9.